The molecule has 3 heterocycles. The molecule has 1 amide bonds. The summed E-state index contributed by atoms with van der Waals surface area (Å²) in [6.45, 7) is 3.77. The lowest BCUT2D eigenvalue weighted by molar-refractivity contribution is 0.0997. The normalized spacial score (nSPS) is 12.1. The first-order valence-corrected chi connectivity index (χ1v) is 9.29. The standard InChI is InChI=1S/C17H19N5O4S/c1-8-6-19-12(9(2)13(8)25-3)7-27(24)17-20-11-5-10(14(18)23)16(26-4)21-15(11)22-17/h5-6H,7H2,1-4H3,(H2,18,23)(H,20,21,22). The van der Waals surface area contributed by atoms with Gasteiger partial charge >= 0.3 is 0 Å². The van der Waals surface area contributed by atoms with Crippen molar-refractivity contribution in [2.24, 2.45) is 5.73 Å². The van der Waals surface area contributed by atoms with Crippen molar-refractivity contribution in [3.05, 3.63) is 34.6 Å². The van der Waals surface area contributed by atoms with Crippen molar-refractivity contribution >= 4 is 27.9 Å². The SMILES string of the molecule is COc1nc2nc(S(=O)Cc3ncc(C)c(OC)c3C)[nH]c2cc1C(N)=O. The number of pyridine rings is 2. The predicted molar refractivity (Wildman–Crippen MR) is 99.3 cm³/mol. The van der Waals surface area contributed by atoms with Gasteiger partial charge in [-0.05, 0) is 19.9 Å². The number of aryl methyl sites for hydroxylation is 1. The van der Waals surface area contributed by atoms with Gasteiger partial charge in [-0.3, -0.25) is 14.0 Å². The quantitative estimate of drug-likeness (QED) is 0.651. The number of primary amides is 1. The van der Waals surface area contributed by atoms with Crippen molar-refractivity contribution in [2.75, 3.05) is 14.2 Å². The van der Waals surface area contributed by atoms with Crippen LogP contribution in [-0.4, -0.2) is 44.3 Å². The van der Waals surface area contributed by atoms with Gasteiger partial charge in [-0.25, -0.2) is 4.98 Å². The molecule has 0 spiro atoms. The summed E-state index contributed by atoms with van der Waals surface area (Å²) in [6.07, 6.45) is 1.68. The minimum absolute atomic E-state index is 0.0691. The molecule has 0 aliphatic carbocycles. The number of aromatic nitrogens is 4. The van der Waals surface area contributed by atoms with Crippen LogP contribution in [0.1, 0.15) is 27.2 Å². The van der Waals surface area contributed by atoms with Crippen LogP contribution in [0.5, 0.6) is 11.6 Å². The molecule has 3 rings (SSSR count). The molecule has 10 heteroatoms. The van der Waals surface area contributed by atoms with Crippen LogP contribution < -0.4 is 15.2 Å². The predicted octanol–water partition coefficient (Wildman–Crippen LogP) is 1.39. The first-order chi connectivity index (χ1) is 12.8. The smallest absolute Gasteiger partial charge is 0.254 e. The summed E-state index contributed by atoms with van der Waals surface area (Å²) in [7, 11) is 1.47. The second-order valence-electron chi connectivity index (χ2n) is 5.86. The number of carbonyl (C=O) groups is 1. The summed E-state index contributed by atoms with van der Waals surface area (Å²) >= 11 is 0. The summed E-state index contributed by atoms with van der Waals surface area (Å²) in [5.74, 6) is 0.270. The maximum absolute atomic E-state index is 12.8. The molecule has 3 N–H and O–H groups in total. The summed E-state index contributed by atoms with van der Waals surface area (Å²) in [5.41, 5.74) is 8.57. The van der Waals surface area contributed by atoms with Crippen molar-refractivity contribution in [1.82, 2.24) is 19.9 Å². The third-order valence-corrected chi connectivity index (χ3v) is 5.27. The summed E-state index contributed by atoms with van der Waals surface area (Å²) in [6, 6.07) is 1.48. The Morgan fingerprint density at radius 3 is 2.63 bits per heavy atom. The number of amides is 1. The van der Waals surface area contributed by atoms with Crippen molar-refractivity contribution in [3.63, 3.8) is 0 Å². The van der Waals surface area contributed by atoms with Gasteiger partial charge in [0.25, 0.3) is 5.91 Å². The second-order valence-corrected chi connectivity index (χ2v) is 7.23. The molecule has 3 aromatic rings. The third kappa shape index (κ3) is 3.47. The van der Waals surface area contributed by atoms with Crippen LogP contribution in [0, 0.1) is 13.8 Å². The van der Waals surface area contributed by atoms with Crippen molar-refractivity contribution in [1.29, 1.82) is 0 Å². The van der Waals surface area contributed by atoms with Crippen molar-refractivity contribution in [2.45, 2.75) is 24.8 Å². The lowest BCUT2D eigenvalue weighted by atomic mass is 10.1. The number of nitrogens with one attached hydrogen (secondary N) is 1. The minimum Gasteiger partial charge on any atom is -0.496 e. The van der Waals surface area contributed by atoms with E-state index in [-0.39, 0.29) is 28.0 Å². The fourth-order valence-corrected chi connectivity index (χ4v) is 3.84. The fourth-order valence-electron chi connectivity index (χ4n) is 2.75. The maximum atomic E-state index is 12.8. The summed E-state index contributed by atoms with van der Waals surface area (Å²) in [5, 5.41) is 0.224. The van der Waals surface area contributed by atoms with Gasteiger partial charge in [0, 0.05) is 17.3 Å². The minimum atomic E-state index is -1.50. The molecule has 0 radical (unpaired) electrons. The largest absolute Gasteiger partial charge is 0.496 e. The molecule has 0 saturated carbocycles. The summed E-state index contributed by atoms with van der Waals surface area (Å²) in [4.78, 5) is 27.2. The Bertz CT molecular complexity index is 1060. The average Bonchev–Trinajstić information content (AvgIpc) is 3.06. The van der Waals surface area contributed by atoms with E-state index in [4.69, 9.17) is 15.2 Å². The molecular weight excluding hydrogens is 370 g/mol. The number of nitrogens with zero attached hydrogens (tertiary/aromatic N) is 3. The number of imidazole rings is 1. The second kappa shape index (κ2) is 7.31. The number of rotatable bonds is 6. The highest BCUT2D eigenvalue weighted by Gasteiger charge is 2.19. The Kier molecular flexibility index (Phi) is 5.08. The molecule has 142 valence electrons. The van der Waals surface area contributed by atoms with E-state index in [2.05, 4.69) is 19.9 Å². The fraction of sp³-hybridized carbons (Fsp3) is 0.294. The first kappa shape index (κ1) is 18.8. The average molecular weight is 389 g/mol. The van der Waals surface area contributed by atoms with E-state index in [0.717, 1.165) is 16.9 Å². The van der Waals surface area contributed by atoms with Gasteiger partial charge in [-0.15, -0.1) is 0 Å². The van der Waals surface area contributed by atoms with Crippen LogP contribution >= 0.6 is 0 Å². The van der Waals surface area contributed by atoms with Crippen LogP contribution in [0.25, 0.3) is 11.2 Å². The zero-order valence-electron chi connectivity index (χ0n) is 15.3. The highest BCUT2D eigenvalue weighted by molar-refractivity contribution is 7.84. The summed E-state index contributed by atoms with van der Waals surface area (Å²) < 4.78 is 23.2. The monoisotopic (exact) mass is 389 g/mol. The van der Waals surface area contributed by atoms with Gasteiger partial charge in [0.05, 0.1) is 42.0 Å². The van der Waals surface area contributed by atoms with Gasteiger partial charge in [0.15, 0.2) is 10.8 Å². The van der Waals surface area contributed by atoms with Crippen LogP contribution in [-0.2, 0) is 16.6 Å². The topological polar surface area (TPSA) is 133 Å². The lowest BCUT2D eigenvalue weighted by Crippen LogP contribution is -2.13. The number of nitrogens with two attached hydrogens (primary N) is 1. The van der Waals surface area contributed by atoms with E-state index in [0.29, 0.717) is 11.2 Å². The van der Waals surface area contributed by atoms with Crippen LogP contribution in [0.15, 0.2) is 17.4 Å². The van der Waals surface area contributed by atoms with Crippen LogP contribution in [0.3, 0.4) is 0 Å². The van der Waals surface area contributed by atoms with E-state index in [9.17, 15) is 9.00 Å². The highest BCUT2D eigenvalue weighted by atomic mass is 32.2. The number of methoxy groups -OCH3 is 2. The Hall–Kier alpha value is -3.01. The third-order valence-electron chi connectivity index (χ3n) is 4.11. The van der Waals surface area contributed by atoms with Gasteiger partial charge in [-0.1, -0.05) is 0 Å². The van der Waals surface area contributed by atoms with E-state index >= 15 is 0 Å². The number of carbonyl (C=O) groups excluding carboxylic acids is 1. The number of ether oxygens (including phenoxy) is 2. The van der Waals surface area contributed by atoms with E-state index < -0.39 is 16.7 Å². The zero-order valence-corrected chi connectivity index (χ0v) is 16.1. The Labute approximate surface area is 157 Å². The highest BCUT2D eigenvalue weighted by Crippen LogP contribution is 2.26. The molecular formula is C17H19N5O4S. The van der Waals surface area contributed by atoms with Crippen molar-refractivity contribution < 1.29 is 18.5 Å². The Morgan fingerprint density at radius 2 is 2.00 bits per heavy atom. The molecule has 27 heavy (non-hydrogen) atoms. The van der Waals surface area contributed by atoms with Gasteiger partial charge in [-0.2, -0.15) is 4.98 Å². The Balaban J connectivity index is 1.96. The van der Waals surface area contributed by atoms with Gasteiger partial charge in [0.2, 0.25) is 5.88 Å². The van der Waals surface area contributed by atoms with E-state index in [1.165, 1.54) is 13.2 Å². The number of fused-ring (bicyclic) bond motifs is 1. The molecule has 0 fully saturated rings. The molecule has 1 unspecified atom stereocenters. The molecule has 0 aliphatic rings. The molecule has 0 aromatic carbocycles. The van der Waals surface area contributed by atoms with Gasteiger partial charge in [0.1, 0.15) is 11.3 Å². The number of H-pyrrole nitrogens is 1. The van der Waals surface area contributed by atoms with Gasteiger partial charge < -0.3 is 20.2 Å². The maximum Gasteiger partial charge on any atom is 0.254 e. The molecule has 9 nitrogen and oxygen atoms in total. The van der Waals surface area contributed by atoms with E-state index in [1.54, 1.807) is 13.3 Å². The molecule has 1 atom stereocenters. The number of aromatic amines is 1. The van der Waals surface area contributed by atoms with Crippen LogP contribution in [0.4, 0.5) is 0 Å². The Morgan fingerprint density at radius 1 is 1.26 bits per heavy atom. The lowest BCUT2D eigenvalue weighted by Gasteiger charge is -2.11. The molecule has 0 saturated heterocycles. The molecule has 3 aromatic heterocycles. The van der Waals surface area contributed by atoms with E-state index in [1.807, 2.05) is 13.8 Å². The molecule has 0 bridgehead atoms. The first-order valence-electron chi connectivity index (χ1n) is 7.97. The number of hydrogen-bond donors (Lipinski definition) is 2. The molecule has 0 aliphatic heterocycles. The number of hydrogen-bond acceptors (Lipinski definition) is 7. The van der Waals surface area contributed by atoms with Crippen LogP contribution in [0.2, 0.25) is 0 Å². The zero-order chi connectivity index (χ0) is 19.7. The van der Waals surface area contributed by atoms with Crippen molar-refractivity contribution in [3.8, 4) is 11.6 Å².